The first-order valence-electron chi connectivity index (χ1n) is 10.1. The zero-order valence-corrected chi connectivity index (χ0v) is 17.4. The molecule has 0 saturated carbocycles. The van der Waals surface area contributed by atoms with Gasteiger partial charge in [-0.05, 0) is 62.7 Å². The highest BCUT2D eigenvalue weighted by Crippen LogP contribution is 2.15. The zero-order valence-electron chi connectivity index (χ0n) is 17.4. The third kappa shape index (κ3) is 7.86. The van der Waals surface area contributed by atoms with Gasteiger partial charge in [0.05, 0.1) is 12.7 Å². The van der Waals surface area contributed by atoms with E-state index < -0.39 is 11.8 Å². The standard InChI is InChI=1S/C23H30N2O4/c1-4-5-6-7-15-28-20-13-11-18(12-14-20)22(26)24-25-23(27)19-9-8-10-21(16-19)29-17(2)3/h8-14,16-17H,4-7,15H2,1-3H3,(H,24,26)(H,25,27). The molecule has 0 fully saturated rings. The zero-order chi connectivity index (χ0) is 21.1. The Kier molecular flexibility index (Phi) is 9.02. The molecule has 0 aliphatic heterocycles. The predicted octanol–water partition coefficient (Wildman–Crippen LogP) is 4.51. The Hall–Kier alpha value is -3.02. The lowest BCUT2D eigenvalue weighted by Crippen LogP contribution is -2.41. The fourth-order valence-corrected chi connectivity index (χ4v) is 2.66. The molecule has 0 aliphatic carbocycles. The van der Waals surface area contributed by atoms with Crippen LogP contribution in [0.4, 0.5) is 0 Å². The van der Waals surface area contributed by atoms with E-state index in [9.17, 15) is 9.59 Å². The van der Waals surface area contributed by atoms with E-state index in [0.717, 1.165) is 18.6 Å². The van der Waals surface area contributed by atoms with Crippen LogP contribution in [0.15, 0.2) is 48.5 Å². The van der Waals surface area contributed by atoms with E-state index in [1.54, 1.807) is 48.5 Å². The van der Waals surface area contributed by atoms with Crippen LogP contribution in [0, 0.1) is 0 Å². The molecule has 0 bridgehead atoms. The highest BCUT2D eigenvalue weighted by Gasteiger charge is 2.10. The average Bonchev–Trinajstić information content (AvgIpc) is 2.72. The van der Waals surface area contributed by atoms with E-state index in [1.165, 1.54) is 12.8 Å². The Morgan fingerprint density at radius 1 is 0.862 bits per heavy atom. The van der Waals surface area contributed by atoms with Gasteiger partial charge in [0, 0.05) is 11.1 Å². The SMILES string of the molecule is CCCCCCOc1ccc(C(=O)NNC(=O)c2cccc(OC(C)C)c2)cc1. The van der Waals surface area contributed by atoms with Crippen molar-refractivity contribution in [1.29, 1.82) is 0 Å². The Balaban J connectivity index is 1.82. The number of rotatable bonds is 10. The van der Waals surface area contributed by atoms with E-state index >= 15 is 0 Å². The summed E-state index contributed by atoms with van der Waals surface area (Å²) in [5, 5.41) is 0. The van der Waals surface area contributed by atoms with Gasteiger partial charge in [-0.25, -0.2) is 0 Å². The molecule has 2 aromatic carbocycles. The van der Waals surface area contributed by atoms with Gasteiger partial charge in [0.1, 0.15) is 11.5 Å². The first-order chi connectivity index (χ1) is 14.0. The minimum absolute atomic E-state index is 0.0105. The lowest BCUT2D eigenvalue weighted by Gasteiger charge is -2.11. The van der Waals surface area contributed by atoms with Crippen molar-refractivity contribution in [2.75, 3.05) is 6.61 Å². The number of carbonyl (C=O) groups excluding carboxylic acids is 2. The van der Waals surface area contributed by atoms with Crippen molar-refractivity contribution in [2.24, 2.45) is 0 Å². The normalized spacial score (nSPS) is 10.5. The van der Waals surface area contributed by atoms with E-state index in [0.29, 0.717) is 23.5 Å². The number of carbonyl (C=O) groups is 2. The first-order valence-corrected chi connectivity index (χ1v) is 10.1. The minimum atomic E-state index is -0.417. The van der Waals surface area contributed by atoms with Crippen LogP contribution in [0.25, 0.3) is 0 Å². The summed E-state index contributed by atoms with van der Waals surface area (Å²) in [4.78, 5) is 24.5. The quantitative estimate of drug-likeness (QED) is 0.456. The van der Waals surface area contributed by atoms with Crippen LogP contribution in [0.2, 0.25) is 0 Å². The molecule has 0 unspecified atom stereocenters. The lowest BCUT2D eigenvalue weighted by atomic mass is 10.2. The summed E-state index contributed by atoms with van der Waals surface area (Å²) in [6, 6.07) is 13.6. The number of amides is 2. The summed E-state index contributed by atoms with van der Waals surface area (Å²) in [6.07, 6.45) is 4.59. The van der Waals surface area contributed by atoms with Crippen LogP contribution in [-0.2, 0) is 0 Å². The molecule has 156 valence electrons. The van der Waals surface area contributed by atoms with Gasteiger partial charge < -0.3 is 9.47 Å². The first kappa shape index (κ1) is 22.3. The van der Waals surface area contributed by atoms with Crippen LogP contribution in [-0.4, -0.2) is 24.5 Å². The number of hydrazine groups is 1. The van der Waals surface area contributed by atoms with Gasteiger partial charge in [-0.1, -0.05) is 32.3 Å². The summed E-state index contributed by atoms with van der Waals surface area (Å²) in [6.45, 7) is 6.66. The monoisotopic (exact) mass is 398 g/mol. The van der Waals surface area contributed by atoms with Gasteiger partial charge >= 0.3 is 0 Å². The molecule has 0 spiro atoms. The number of benzene rings is 2. The summed E-state index contributed by atoms with van der Waals surface area (Å²) >= 11 is 0. The van der Waals surface area contributed by atoms with Crippen LogP contribution in [0.3, 0.4) is 0 Å². The van der Waals surface area contributed by atoms with Crippen molar-refractivity contribution in [3.63, 3.8) is 0 Å². The molecule has 0 aliphatic rings. The fourth-order valence-electron chi connectivity index (χ4n) is 2.66. The second-order valence-electron chi connectivity index (χ2n) is 7.04. The van der Waals surface area contributed by atoms with Crippen molar-refractivity contribution in [1.82, 2.24) is 10.9 Å². The van der Waals surface area contributed by atoms with Crippen molar-refractivity contribution < 1.29 is 19.1 Å². The molecular formula is C23H30N2O4. The maximum absolute atomic E-state index is 12.3. The molecule has 2 aromatic rings. The number of unbranched alkanes of at least 4 members (excludes halogenated alkanes) is 3. The fraction of sp³-hybridized carbons (Fsp3) is 0.391. The molecular weight excluding hydrogens is 368 g/mol. The third-order valence-electron chi connectivity index (χ3n) is 4.14. The number of nitrogens with one attached hydrogen (secondary N) is 2. The van der Waals surface area contributed by atoms with Crippen LogP contribution in [0.1, 0.15) is 67.2 Å². The van der Waals surface area contributed by atoms with Crippen molar-refractivity contribution in [3.8, 4) is 11.5 Å². The highest BCUT2D eigenvalue weighted by atomic mass is 16.5. The predicted molar refractivity (Wildman–Crippen MR) is 113 cm³/mol. The summed E-state index contributed by atoms with van der Waals surface area (Å²) < 4.78 is 11.2. The van der Waals surface area contributed by atoms with Gasteiger partial charge in [-0.2, -0.15) is 0 Å². The van der Waals surface area contributed by atoms with Gasteiger partial charge in [0.25, 0.3) is 11.8 Å². The molecule has 2 rings (SSSR count). The largest absolute Gasteiger partial charge is 0.494 e. The van der Waals surface area contributed by atoms with E-state index in [4.69, 9.17) is 9.47 Å². The molecule has 6 nitrogen and oxygen atoms in total. The van der Waals surface area contributed by atoms with Gasteiger partial charge in [-0.3, -0.25) is 20.4 Å². The van der Waals surface area contributed by atoms with Crippen LogP contribution in [0.5, 0.6) is 11.5 Å². The summed E-state index contributed by atoms with van der Waals surface area (Å²) in [7, 11) is 0. The molecule has 6 heteroatoms. The Bertz CT molecular complexity index is 788. The summed E-state index contributed by atoms with van der Waals surface area (Å²) in [5.74, 6) is 0.510. The third-order valence-corrected chi connectivity index (χ3v) is 4.14. The smallest absolute Gasteiger partial charge is 0.269 e. The molecule has 29 heavy (non-hydrogen) atoms. The maximum atomic E-state index is 12.3. The van der Waals surface area contributed by atoms with E-state index in [2.05, 4.69) is 17.8 Å². The van der Waals surface area contributed by atoms with Crippen molar-refractivity contribution >= 4 is 11.8 Å². The number of hydrogen-bond acceptors (Lipinski definition) is 4. The van der Waals surface area contributed by atoms with Gasteiger partial charge in [0.2, 0.25) is 0 Å². The molecule has 0 atom stereocenters. The Morgan fingerprint density at radius 2 is 1.55 bits per heavy atom. The van der Waals surface area contributed by atoms with Crippen LogP contribution < -0.4 is 20.3 Å². The molecule has 2 amide bonds. The molecule has 0 radical (unpaired) electrons. The minimum Gasteiger partial charge on any atom is -0.494 e. The average molecular weight is 399 g/mol. The second-order valence-corrected chi connectivity index (χ2v) is 7.04. The van der Waals surface area contributed by atoms with Crippen molar-refractivity contribution in [2.45, 2.75) is 52.6 Å². The van der Waals surface area contributed by atoms with E-state index in [1.807, 2.05) is 13.8 Å². The molecule has 0 aromatic heterocycles. The number of hydrogen-bond donors (Lipinski definition) is 2. The summed E-state index contributed by atoms with van der Waals surface area (Å²) in [5.41, 5.74) is 5.67. The molecule has 2 N–H and O–H groups in total. The second kappa shape index (κ2) is 11.7. The lowest BCUT2D eigenvalue weighted by molar-refractivity contribution is 0.0846. The highest BCUT2D eigenvalue weighted by molar-refractivity contribution is 5.99. The number of ether oxygens (including phenoxy) is 2. The topological polar surface area (TPSA) is 76.7 Å². The van der Waals surface area contributed by atoms with Crippen molar-refractivity contribution in [3.05, 3.63) is 59.7 Å². The Morgan fingerprint density at radius 3 is 2.21 bits per heavy atom. The van der Waals surface area contributed by atoms with E-state index in [-0.39, 0.29) is 6.10 Å². The maximum Gasteiger partial charge on any atom is 0.269 e. The Labute approximate surface area is 172 Å². The van der Waals surface area contributed by atoms with Gasteiger partial charge in [0.15, 0.2) is 0 Å². The van der Waals surface area contributed by atoms with Gasteiger partial charge in [-0.15, -0.1) is 0 Å². The van der Waals surface area contributed by atoms with Crippen LogP contribution >= 0.6 is 0 Å². The molecule has 0 saturated heterocycles. The molecule has 0 heterocycles.